The van der Waals surface area contributed by atoms with Crippen LogP contribution in [0.4, 0.5) is 0 Å². The minimum Gasteiger partial charge on any atom is -0.508 e. The van der Waals surface area contributed by atoms with Crippen molar-refractivity contribution in [1.82, 2.24) is 0 Å². The lowest BCUT2D eigenvalue weighted by Crippen LogP contribution is -2.16. The van der Waals surface area contributed by atoms with Crippen molar-refractivity contribution in [2.45, 2.75) is 11.8 Å². The van der Waals surface area contributed by atoms with E-state index in [2.05, 4.69) is 0 Å². The zero-order valence-corrected chi connectivity index (χ0v) is 9.24. The molecule has 2 N–H and O–H groups in total. The van der Waals surface area contributed by atoms with E-state index in [1.165, 1.54) is 24.3 Å². The standard InChI is InChI=1S/C10H14O4S/c1-8(6-11)7-15(13,14)10-4-2-9(12)3-5-10/h2-5,8,11-12H,6-7H2,1H3. The Bertz CT molecular complexity index is 408. The van der Waals surface area contributed by atoms with Crippen molar-refractivity contribution >= 4 is 9.84 Å². The van der Waals surface area contributed by atoms with Crippen molar-refractivity contribution < 1.29 is 18.6 Å². The number of phenolic OH excluding ortho intramolecular Hbond substituents is 1. The van der Waals surface area contributed by atoms with Gasteiger partial charge in [-0.15, -0.1) is 0 Å². The summed E-state index contributed by atoms with van der Waals surface area (Å²) in [4.78, 5) is 0.167. The second-order valence-electron chi connectivity index (χ2n) is 3.56. The van der Waals surface area contributed by atoms with Crippen molar-refractivity contribution in [2.24, 2.45) is 5.92 Å². The van der Waals surface area contributed by atoms with Gasteiger partial charge in [-0.05, 0) is 30.2 Å². The SMILES string of the molecule is CC(CO)CS(=O)(=O)c1ccc(O)cc1. The Morgan fingerprint density at radius 1 is 1.27 bits per heavy atom. The minimum absolute atomic E-state index is 0.0316. The molecular formula is C10H14O4S. The van der Waals surface area contributed by atoms with Crippen molar-refractivity contribution in [1.29, 1.82) is 0 Å². The van der Waals surface area contributed by atoms with Gasteiger partial charge >= 0.3 is 0 Å². The van der Waals surface area contributed by atoms with Crippen molar-refractivity contribution in [2.75, 3.05) is 12.4 Å². The second kappa shape index (κ2) is 4.63. The van der Waals surface area contributed by atoms with Gasteiger partial charge < -0.3 is 10.2 Å². The molecule has 0 aliphatic carbocycles. The molecule has 0 amide bonds. The molecule has 4 nitrogen and oxygen atoms in total. The molecule has 0 aliphatic heterocycles. The number of sulfone groups is 1. The summed E-state index contributed by atoms with van der Waals surface area (Å²) in [6.45, 7) is 1.51. The molecule has 0 radical (unpaired) electrons. The summed E-state index contributed by atoms with van der Waals surface area (Å²) >= 11 is 0. The van der Waals surface area contributed by atoms with Crippen LogP contribution in [0.15, 0.2) is 29.2 Å². The van der Waals surface area contributed by atoms with Crippen LogP contribution in [0.3, 0.4) is 0 Å². The highest BCUT2D eigenvalue weighted by atomic mass is 32.2. The Balaban J connectivity index is 2.91. The van der Waals surface area contributed by atoms with Gasteiger partial charge in [0.2, 0.25) is 0 Å². The Kier molecular flexibility index (Phi) is 3.71. The van der Waals surface area contributed by atoms with Gasteiger partial charge in [-0.3, -0.25) is 0 Å². The molecule has 0 fully saturated rings. The second-order valence-corrected chi connectivity index (χ2v) is 5.60. The van der Waals surface area contributed by atoms with Crippen LogP contribution in [-0.4, -0.2) is 31.0 Å². The molecule has 1 atom stereocenters. The molecule has 0 spiro atoms. The number of rotatable bonds is 4. The third-order valence-electron chi connectivity index (χ3n) is 2.01. The third kappa shape index (κ3) is 3.21. The van der Waals surface area contributed by atoms with Gasteiger partial charge in [0.25, 0.3) is 0 Å². The number of phenols is 1. The first-order chi connectivity index (χ1) is 6.95. The smallest absolute Gasteiger partial charge is 0.178 e. The van der Waals surface area contributed by atoms with Gasteiger partial charge in [-0.2, -0.15) is 0 Å². The lowest BCUT2D eigenvalue weighted by Gasteiger charge is -2.08. The van der Waals surface area contributed by atoms with Gasteiger partial charge in [-0.25, -0.2) is 8.42 Å². The zero-order chi connectivity index (χ0) is 11.5. The fourth-order valence-electron chi connectivity index (χ4n) is 1.18. The number of aromatic hydroxyl groups is 1. The molecule has 1 rings (SSSR count). The third-order valence-corrected chi connectivity index (χ3v) is 4.01. The van der Waals surface area contributed by atoms with E-state index in [1.807, 2.05) is 0 Å². The Hall–Kier alpha value is -1.07. The highest BCUT2D eigenvalue weighted by Crippen LogP contribution is 2.17. The Morgan fingerprint density at radius 2 is 1.80 bits per heavy atom. The summed E-state index contributed by atoms with van der Waals surface area (Å²) in [7, 11) is -3.36. The van der Waals surface area contributed by atoms with E-state index in [4.69, 9.17) is 10.2 Å². The number of benzene rings is 1. The molecule has 84 valence electrons. The normalized spacial score (nSPS) is 13.7. The van der Waals surface area contributed by atoms with E-state index in [-0.39, 0.29) is 28.9 Å². The van der Waals surface area contributed by atoms with Gasteiger partial charge in [0.1, 0.15) is 5.75 Å². The summed E-state index contributed by atoms with van der Waals surface area (Å²) in [5.41, 5.74) is 0. The number of hydrogen-bond donors (Lipinski definition) is 2. The lowest BCUT2D eigenvalue weighted by molar-refractivity contribution is 0.249. The van der Waals surface area contributed by atoms with Gasteiger partial charge in [0, 0.05) is 6.61 Å². The van der Waals surface area contributed by atoms with E-state index in [1.54, 1.807) is 6.92 Å². The quantitative estimate of drug-likeness (QED) is 0.802. The summed E-state index contributed by atoms with van der Waals surface area (Å²) in [6.07, 6.45) is 0. The van der Waals surface area contributed by atoms with Crippen LogP contribution in [0.5, 0.6) is 5.75 Å². The molecule has 1 unspecified atom stereocenters. The molecular weight excluding hydrogens is 216 g/mol. The first kappa shape index (κ1) is 12.0. The molecule has 0 saturated heterocycles. The summed E-state index contributed by atoms with van der Waals surface area (Å²) < 4.78 is 23.4. The van der Waals surface area contributed by atoms with Crippen LogP contribution < -0.4 is 0 Å². The molecule has 5 heteroatoms. The summed E-state index contributed by atoms with van der Waals surface area (Å²) in [6, 6.07) is 5.37. The van der Waals surface area contributed by atoms with Gasteiger partial charge in [0.15, 0.2) is 9.84 Å². The van der Waals surface area contributed by atoms with E-state index in [0.29, 0.717) is 0 Å². The minimum atomic E-state index is -3.36. The Labute approximate surface area is 89.1 Å². The average molecular weight is 230 g/mol. The van der Waals surface area contributed by atoms with Crippen molar-refractivity contribution in [3.63, 3.8) is 0 Å². The average Bonchev–Trinajstić information content (AvgIpc) is 2.17. The zero-order valence-electron chi connectivity index (χ0n) is 8.42. The van der Waals surface area contributed by atoms with E-state index in [9.17, 15) is 8.42 Å². The predicted octanol–water partition coefficient (Wildman–Crippen LogP) is 0.794. The van der Waals surface area contributed by atoms with Crippen LogP contribution in [0, 0.1) is 5.92 Å². The fourth-order valence-corrected chi connectivity index (χ4v) is 2.77. The summed E-state index contributed by atoms with van der Waals surface area (Å²) in [5.74, 6) is -0.346. The maximum atomic E-state index is 11.7. The number of aliphatic hydroxyl groups is 1. The maximum absolute atomic E-state index is 11.7. The number of hydrogen-bond acceptors (Lipinski definition) is 4. The highest BCUT2D eigenvalue weighted by molar-refractivity contribution is 7.91. The van der Waals surface area contributed by atoms with Crippen molar-refractivity contribution in [3.05, 3.63) is 24.3 Å². The monoisotopic (exact) mass is 230 g/mol. The van der Waals surface area contributed by atoms with E-state index in [0.717, 1.165) is 0 Å². The topological polar surface area (TPSA) is 74.6 Å². The molecule has 0 aliphatic rings. The number of aliphatic hydroxyl groups excluding tert-OH is 1. The van der Waals surface area contributed by atoms with Crippen LogP contribution in [-0.2, 0) is 9.84 Å². The van der Waals surface area contributed by atoms with E-state index < -0.39 is 9.84 Å². The highest BCUT2D eigenvalue weighted by Gasteiger charge is 2.17. The molecule has 1 aromatic rings. The summed E-state index contributed by atoms with van der Waals surface area (Å²) in [5, 5.41) is 17.8. The lowest BCUT2D eigenvalue weighted by atomic mass is 10.2. The van der Waals surface area contributed by atoms with Crippen molar-refractivity contribution in [3.8, 4) is 5.75 Å². The van der Waals surface area contributed by atoms with E-state index >= 15 is 0 Å². The molecule has 1 aromatic carbocycles. The molecule has 15 heavy (non-hydrogen) atoms. The van der Waals surface area contributed by atoms with Crippen LogP contribution in [0.1, 0.15) is 6.92 Å². The first-order valence-corrected chi connectivity index (χ1v) is 6.23. The Morgan fingerprint density at radius 3 is 2.27 bits per heavy atom. The molecule has 0 aromatic heterocycles. The largest absolute Gasteiger partial charge is 0.508 e. The first-order valence-electron chi connectivity index (χ1n) is 4.58. The van der Waals surface area contributed by atoms with Crippen LogP contribution in [0.2, 0.25) is 0 Å². The van der Waals surface area contributed by atoms with Gasteiger partial charge in [0.05, 0.1) is 10.6 Å². The predicted molar refractivity (Wildman–Crippen MR) is 56.4 cm³/mol. The molecule has 0 saturated carbocycles. The van der Waals surface area contributed by atoms with Crippen LogP contribution in [0.25, 0.3) is 0 Å². The molecule has 0 bridgehead atoms. The molecule has 0 heterocycles. The maximum Gasteiger partial charge on any atom is 0.178 e. The fraction of sp³-hybridized carbons (Fsp3) is 0.400. The van der Waals surface area contributed by atoms with Crippen LogP contribution >= 0.6 is 0 Å². The van der Waals surface area contributed by atoms with Gasteiger partial charge in [-0.1, -0.05) is 6.92 Å².